The summed E-state index contributed by atoms with van der Waals surface area (Å²) in [6.07, 6.45) is 0. The van der Waals surface area contributed by atoms with Gasteiger partial charge in [-0.25, -0.2) is 8.78 Å². The summed E-state index contributed by atoms with van der Waals surface area (Å²) in [5.74, 6) is -0.449. The molecule has 0 N–H and O–H groups in total. The van der Waals surface area contributed by atoms with Gasteiger partial charge in [-0.05, 0) is 24.3 Å². The zero-order valence-corrected chi connectivity index (χ0v) is 9.55. The SMILES string of the molecule is Fc1ccc(OCc2ccccc2F)c(Cl)c1. The average molecular weight is 255 g/mol. The fourth-order valence-electron chi connectivity index (χ4n) is 1.36. The van der Waals surface area contributed by atoms with Crippen molar-refractivity contribution in [2.24, 2.45) is 0 Å². The van der Waals surface area contributed by atoms with Crippen LogP contribution in [-0.2, 0) is 6.61 Å². The molecule has 0 aliphatic rings. The van der Waals surface area contributed by atoms with Gasteiger partial charge in [0, 0.05) is 5.56 Å². The van der Waals surface area contributed by atoms with E-state index in [1.807, 2.05) is 0 Å². The van der Waals surface area contributed by atoms with Crippen molar-refractivity contribution in [1.29, 1.82) is 0 Å². The number of hydrogen-bond donors (Lipinski definition) is 0. The lowest BCUT2D eigenvalue weighted by Crippen LogP contribution is -1.98. The first-order valence-electron chi connectivity index (χ1n) is 4.98. The van der Waals surface area contributed by atoms with Gasteiger partial charge in [-0.15, -0.1) is 0 Å². The van der Waals surface area contributed by atoms with Gasteiger partial charge in [0.25, 0.3) is 0 Å². The maximum Gasteiger partial charge on any atom is 0.138 e. The quantitative estimate of drug-likeness (QED) is 0.798. The van der Waals surface area contributed by atoms with Crippen molar-refractivity contribution in [3.8, 4) is 5.75 Å². The fourth-order valence-corrected chi connectivity index (χ4v) is 1.59. The van der Waals surface area contributed by atoms with Gasteiger partial charge in [0.2, 0.25) is 0 Å². The molecule has 0 unspecified atom stereocenters. The molecule has 0 amide bonds. The molecule has 0 heterocycles. The van der Waals surface area contributed by atoms with E-state index in [1.165, 1.54) is 18.2 Å². The van der Waals surface area contributed by atoms with Crippen LogP contribution < -0.4 is 4.74 Å². The zero-order valence-electron chi connectivity index (χ0n) is 8.79. The summed E-state index contributed by atoms with van der Waals surface area (Å²) in [4.78, 5) is 0. The van der Waals surface area contributed by atoms with Crippen LogP contribution in [0.15, 0.2) is 42.5 Å². The second-order valence-electron chi connectivity index (χ2n) is 3.45. The summed E-state index contributed by atoms with van der Waals surface area (Å²) in [5.41, 5.74) is 0.424. The van der Waals surface area contributed by atoms with Crippen LogP contribution in [0.4, 0.5) is 8.78 Å². The van der Waals surface area contributed by atoms with Crippen LogP contribution in [0.3, 0.4) is 0 Å². The molecule has 0 saturated heterocycles. The molecule has 0 spiro atoms. The lowest BCUT2D eigenvalue weighted by molar-refractivity contribution is 0.299. The Morgan fingerprint density at radius 1 is 1.06 bits per heavy atom. The van der Waals surface area contributed by atoms with E-state index in [0.717, 1.165) is 6.07 Å². The van der Waals surface area contributed by atoms with E-state index in [2.05, 4.69) is 0 Å². The molecule has 2 aromatic rings. The minimum Gasteiger partial charge on any atom is -0.487 e. The molecule has 4 heteroatoms. The van der Waals surface area contributed by atoms with Gasteiger partial charge >= 0.3 is 0 Å². The molecule has 0 bridgehead atoms. The number of halogens is 3. The van der Waals surface area contributed by atoms with Crippen LogP contribution in [0.1, 0.15) is 5.56 Å². The maximum atomic E-state index is 13.3. The Labute approximate surface area is 103 Å². The molecule has 0 aliphatic heterocycles. The molecule has 0 radical (unpaired) electrons. The predicted octanol–water partition coefficient (Wildman–Crippen LogP) is 4.20. The van der Waals surface area contributed by atoms with Gasteiger partial charge in [-0.2, -0.15) is 0 Å². The minimum atomic E-state index is -0.437. The van der Waals surface area contributed by atoms with Gasteiger partial charge in [0.1, 0.15) is 24.0 Å². The summed E-state index contributed by atoms with van der Waals surface area (Å²) in [7, 11) is 0. The molecule has 0 saturated carbocycles. The van der Waals surface area contributed by atoms with Crippen LogP contribution in [0.25, 0.3) is 0 Å². The molecule has 0 aliphatic carbocycles. The van der Waals surface area contributed by atoms with Gasteiger partial charge in [0.05, 0.1) is 5.02 Å². The molecule has 17 heavy (non-hydrogen) atoms. The van der Waals surface area contributed by atoms with E-state index in [-0.39, 0.29) is 17.4 Å². The van der Waals surface area contributed by atoms with Crippen LogP contribution >= 0.6 is 11.6 Å². The van der Waals surface area contributed by atoms with E-state index in [9.17, 15) is 8.78 Å². The Hall–Kier alpha value is -1.61. The molecule has 0 atom stereocenters. The van der Waals surface area contributed by atoms with Crippen LogP contribution in [-0.4, -0.2) is 0 Å². The van der Waals surface area contributed by atoms with E-state index >= 15 is 0 Å². The second kappa shape index (κ2) is 5.15. The summed E-state index contributed by atoms with van der Waals surface area (Å²) in [6.45, 7) is 0.0536. The highest BCUT2D eigenvalue weighted by Crippen LogP contribution is 2.25. The second-order valence-corrected chi connectivity index (χ2v) is 3.86. The number of benzene rings is 2. The molecule has 2 rings (SSSR count). The predicted molar refractivity (Wildman–Crippen MR) is 62.1 cm³/mol. The first kappa shape index (κ1) is 11.9. The Balaban J connectivity index is 2.10. The lowest BCUT2D eigenvalue weighted by atomic mass is 10.2. The fraction of sp³-hybridized carbons (Fsp3) is 0.0769. The number of ether oxygens (including phenoxy) is 1. The summed E-state index contributed by atoms with van der Waals surface area (Å²) in [5, 5.41) is 0.168. The molecular weight excluding hydrogens is 246 g/mol. The third-order valence-corrected chi connectivity index (χ3v) is 2.53. The van der Waals surface area contributed by atoms with E-state index in [0.29, 0.717) is 11.3 Å². The van der Waals surface area contributed by atoms with Gasteiger partial charge < -0.3 is 4.74 Å². The Kier molecular flexibility index (Phi) is 3.59. The molecule has 0 fully saturated rings. The smallest absolute Gasteiger partial charge is 0.138 e. The number of rotatable bonds is 3. The minimum absolute atomic E-state index is 0.0536. The van der Waals surface area contributed by atoms with Crippen LogP contribution in [0, 0.1) is 11.6 Å². The molecule has 1 nitrogen and oxygen atoms in total. The topological polar surface area (TPSA) is 9.23 Å². The van der Waals surface area contributed by atoms with Gasteiger partial charge in [0.15, 0.2) is 0 Å². The van der Waals surface area contributed by atoms with E-state index < -0.39 is 5.82 Å². The first-order valence-corrected chi connectivity index (χ1v) is 5.36. The van der Waals surface area contributed by atoms with Crippen LogP contribution in [0.5, 0.6) is 5.75 Å². The van der Waals surface area contributed by atoms with Crippen molar-refractivity contribution in [3.63, 3.8) is 0 Å². The highest BCUT2D eigenvalue weighted by atomic mass is 35.5. The summed E-state index contributed by atoms with van der Waals surface area (Å²) >= 11 is 5.78. The monoisotopic (exact) mass is 254 g/mol. The van der Waals surface area contributed by atoms with Crippen molar-refractivity contribution in [1.82, 2.24) is 0 Å². The molecular formula is C13H9ClF2O. The van der Waals surface area contributed by atoms with Crippen molar-refractivity contribution in [3.05, 3.63) is 64.7 Å². The lowest BCUT2D eigenvalue weighted by Gasteiger charge is -2.08. The van der Waals surface area contributed by atoms with E-state index in [1.54, 1.807) is 18.2 Å². The summed E-state index contributed by atoms with van der Waals surface area (Å²) < 4.78 is 31.4. The summed E-state index contributed by atoms with van der Waals surface area (Å²) in [6, 6.07) is 10.1. The largest absolute Gasteiger partial charge is 0.487 e. The third kappa shape index (κ3) is 2.94. The molecule has 0 aromatic heterocycles. The Morgan fingerprint density at radius 2 is 1.82 bits per heavy atom. The van der Waals surface area contributed by atoms with Gasteiger partial charge in [-0.1, -0.05) is 29.8 Å². The highest BCUT2D eigenvalue weighted by molar-refractivity contribution is 6.32. The van der Waals surface area contributed by atoms with Crippen molar-refractivity contribution < 1.29 is 13.5 Å². The Morgan fingerprint density at radius 3 is 2.53 bits per heavy atom. The van der Waals surface area contributed by atoms with Crippen LogP contribution in [0.2, 0.25) is 5.02 Å². The van der Waals surface area contributed by atoms with Gasteiger partial charge in [-0.3, -0.25) is 0 Å². The zero-order chi connectivity index (χ0) is 12.3. The maximum absolute atomic E-state index is 13.3. The number of hydrogen-bond acceptors (Lipinski definition) is 1. The molecule has 88 valence electrons. The normalized spacial score (nSPS) is 10.3. The third-order valence-electron chi connectivity index (χ3n) is 2.23. The Bertz CT molecular complexity index is 529. The van der Waals surface area contributed by atoms with Crippen molar-refractivity contribution in [2.45, 2.75) is 6.61 Å². The average Bonchev–Trinajstić information content (AvgIpc) is 2.30. The first-order chi connectivity index (χ1) is 8.16. The van der Waals surface area contributed by atoms with Crippen molar-refractivity contribution in [2.75, 3.05) is 0 Å². The highest BCUT2D eigenvalue weighted by Gasteiger charge is 2.05. The standard InChI is InChI=1S/C13H9ClF2O/c14-11-7-10(15)5-6-13(11)17-8-9-3-1-2-4-12(9)16/h1-7H,8H2. The van der Waals surface area contributed by atoms with E-state index in [4.69, 9.17) is 16.3 Å². The molecule has 2 aromatic carbocycles. The van der Waals surface area contributed by atoms with Crippen molar-refractivity contribution >= 4 is 11.6 Å².